The molecule has 2 amide bonds. The average molecular weight is 593 g/mol. The summed E-state index contributed by atoms with van der Waals surface area (Å²) >= 11 is 0.568. The Morgan fingerprint density at radius 3 is 2.56 bits per heavy atom. The highest BCUT2D eigenvalue weighted by atomic mass is 32.2. The Hall–Kier alpha value is -3.62. The highest BCUT2D eigenvalue weighted by molar-refractivity contribution is 8.26. The molecule has 222 valence electrons. The number of rotatable bonds is 10. The molecule has 1 aliphatic carbocycles. The van der Waals surface area contributed by atoms with Crippen molar-refractivity contribution in [2.45, 2.75) is 37.8 Å². The molecule has 11 nitrogen and oxygen atoms in total. The van der Waals surface area contributed by atoms with Gasteiger partial charge in [-0.15, -0.1) is 0 Å². The summed E-state index contributed by atoms with van der Waals surface area (Å²) in [7, 11) is 4.78. The van der Waals surface area contributed by atoms with Crippen LogP contribution in [0.2, 0.25) is 0 Å². The van der Waals surface area contributed by atoms with Crippen LogP contribution in [0.4, 0.5) is 8.78 Å². The molecule has 0 bridgehead atoms. The molecular formula is C27H34F2N6O5S. The zero-order valence-electron chi connectivity index (χ0n) is 23.0. The molecule has 1 aliphatic rings. The SMILES string of the molecule is CNC1(N(C)C(=O)c2[nH]cc(C(=N)SC(=N)Cc3ccc(F)cc3F)c(=O)c2O)CCC(C(=O)NCCOC)CC1. The number of aromatic amines is 1. The lowest BCUT2D eigenvalue weighted by Gasteiger charge is -2.46. The number of halogens is 2. The Morgan fingerprint density at radius 2 is 1.95 bits per heavy atom. The first kappa shape index (κ1) is 31.9. The van der Waals surface area contributed by atoms with Gasteiger partial charge in [0.25, 0.3) is 5.91 Å². The molecule has 6 N–H and O–H groups in total. The van der Waals surface area contributed by atoms with Crippen molar-refractivity contribution in [1.29, 1.82) is 10.8 Å². The minimum atomic E-state index is -0.978. The standard InChI is InChI=1S/C27H34F2N6O5S/c1-32-27(8-6-15(7-9-27)25(38)33-10-11-40-3)35(2)26(39)21-23(37)22(36)18(14-34-21)24(31)41-20(30)12-16-4-5-17(28)13-19(16)29/h4-5,13-15,30-32,37H,6-12H2,1-3H3,(H,33,38)(H,34,36). The van der Waals surface area contributed by atoms with E-state index in [1.807, 2.05) is 0 Å². The molecule has 2 aromatic rings. The van der Waals surface area contributed by atoms with Crippen molar-refractivity contribution >= 4 is 33.7 Å². The number of carbonyl (C=O) groups excluding carboxylic acids is 2. The van der Waals surface area contributed by atoms with E-state index in [1.54, 1.807) is 14.2 Å². The summed E-state index contributed by atoms with van der Waals surface area (Å²) in [4.78, 5) is 42.8. The summed E-state index contributed by atoms with van der Waals surface area (Å²) in [6, 6.07) is 2.95. The molecule has 41 heavy (non-hydrogen) atoms. The monoisotopic (exact) mass is 592 g/mol. The van der Waals surface area contributed by atoms with Crippen molar-refractivity contribution in [3.63, 3.8) is 0 Å². The summed E-state index contributed by atoms with van der Waals surface area (Å²) in [5.41, 5.74) is -2.39. The molecule has 0 spiro atoms. The summed E-state index contributed by atoms with van der Waals surface area (Å²) in [5, 5.41) is 32.4. The van der Waals surface area contributed by atoms with E-state index >= 15 is 0 Å². The minimum absolute atomic E-state index is 0.0525. The Kier molecular flexibility index (Phi) is 10.8. The van der Waals surface area contributed by atoms with Crippen LogP contribution in [0.15, 0.2) is 29.2 Å². The van der Waals surface area contributed by atoms with Gasteiger partial charge in [-0.3, -0.25) is 30.5 Å². The molecule has 1 aromatic carbocycles. The van der Waals surface area contributed by atoms with Gasteiger partial charge in [-0.1, -0.05) is 17.8 Å². The van der Waals surface area contributed by atoms with E-state index in [9.17, 15) is 28.3 Å². The van der Waals surface area contributed by atoms with Crippen LogP contribution in [0.1, 0.15) is 47.3 Å². The lowest BCUT2D eigenvalue weighted by atomic mass is 9.80. The third-order valence-corrected chi connectivity index (χ3v) is 8.12. The largest absolute Gasteiger partial charge is 0.503 e. The van der Waals surface area contributed by atoms with E-state index in [0.717, 1.165) is 12.3 Å². The van der Waals surface area contributed by atoms with Gasteiger partial charge in [-0.25, -0.2) is 8.78 Å². The third-order valence-electron chi connectivity index (χ3n) is 7.31. The fourth-order valence-electron chi connectivity index (χ4n) is 4.80. The van der Waals surface area contributed by atoms with Gasteiger partial charge in [0.2, 0.25) is 11.3 Å². The molecule has 1 aromatic heterocycles. The van der Waals surface area contributed by atoms with Crippen LogP contribution in [0.3, 0.4) is 0 Å². The number of aromatic nitrogens is 1. The average Bonchev–Trinajstić information content (AvgIpc) is 2.95. The van der Waals surface area contributed by atoms with Crippen molar-refractivity contribution in [2.24, 2.45) is 5.92 Å². The predicted molar refractivity (Wildman–Crippen MR) is 152 cm³/mol. The molecule has 1 heterocycles. The Balaban J connectivity index is 1.69. The Morgan fingerprint density at radius 1 is 1.27 bits per heavy atom. The van der Waals surface area contributed by atoms with E-state index < -0.39 is 39.4 Å². The maximum atomic E-state index is 13.9. The number of hydrogen-bond acceptors (Lipinski definition) is 9. The zero-order chi connectivity index (χ0) is 30.3. The topological polar surface area (TPSA) is 171 Å². The van der Waals surface area contributed by atoms with Crippen molar-refractivity contribution in [1.82, 2.24) is 20.5 Å². The van der Waals surface area contributed by atoms with Gasteiger partial charge >= 0.3 is 0 Å². The summed E-state index contributed by atoms with van der Waals surface area (Å²) < 4.78 is 32.0. The molecule has 0 unspecified atom stereocenters. The van der Waals surface area contributed by atoms with E-state index in [1.165, 1.54) is 18.0 Å². The van der Waals surface area contributed by atoms with Gasteiger partial charge in [0, 0.05) is 45.3 Å². The Bertz CT molecular complexity index is 1380. The normalized spacial score (nSPS) is 18.5. The number of nitrogens with one attached hydrogen (secondary N) is 5. The lowest BCUT2D eigenvalue weighted by Crippen LogP contribution is -2.60. The summed E-state index contributed by atoms with van der Waals surface area (Å²) in [6.07, 6.45) is 2.82. The first-order valence-corrected chi connectivity index (χ1v) is 13.7. The molecule has 0 saturated heterocycles. The molecule has 14 heteroatoms. The number of carbonyl (C=O) groups is 2. The number of thioether (sulfide) groups is 1. The zero-order valence-corrected chi connectivity index (χ0v) is 23.8. The second kappa shape index (κ2) is 13.8. The second-order valence-corrected chi connectivity index (χ2v) is 10.8. The smallest absolute Gasteiger partial charge is 0.275 e. The van der Waals surface area contributed by atoms with Crippen LogP contribution in [-0.4, -0.2) is 76.9 Å². The van der Waals surface area contributed by atoms with Gasteiger partial charge in [0.05, 0.1) is 22.9 Å². The third kappa shape index (κ3) is 7.37. The van der Waals surface area contributed by atoms with Crippen molar-refractivity contribution in [3.8, 4) is 5.75 Å². The van der Waals surface area contributed by atoms with Crippen LogP contribution in [0.5, 0.6) is 5.75 Å². The van der Waals surface area contributed by atoms with E-state index in [0.29, 0.717) is 56.7 Å². The highest BCUT2D eigenvalue weighted by Crippen LogP contribution is 2.35. The molecule has 3 rings (SSSR count). The molecule has 0 aliphatic heterocycles. The first-order chi connectivity index (χ1) is 19.4. The van der Waals surface area contributed by atoms with Crippen LogP contribution < -0.4 is 16.1 Å². The lowest BCUT2D eigenvalue weighted by molar-refractivity contribution is -0.127. The first-order valence-electron chi connectivity index (χ1n) is 12.9. The minimum Gasteiger partial charge on any atom is -0.503 e. The predicted octanol–water partition coefficient (Wildman–Crippen LogP) is 2.58. The highest BCUT2D eigenvalue weighted by Gasteiger charge is 2.42. The fraction of sp³-hybridized carbons (Fsp3) is 0.444. The number of hydrogen-bond donors (Lipinski definition) is 6. The maximum absolute atomic E-state index is 13.9. The van der Waals surface area contributed by atoms with Crippen LogP contribution in [0.25, 0.3) is 0 Å². The molecule has 1 saturated carbocycles. The molecular weight excluding hydrogens is 558 g/mol. The maximum Gasteiger partial charge on any atom is 0.275 e. The number of H-pyrrole nitrogens is 1. The van der Waals surface area contributed by atoms with Crippen molar-refractivity contribution in [3.05, 3.63) is 63.1 Å². The fourth-order valence-corrected chi connectivity index (χ4v) is 5.53. The molecule has 0 atom stereocenters. The summed E-state index contributed by atoms with van der Waals surface area (Å²) in [6.45, 7) is 0.821. The second-order valence-electron chi connectivity index (χ2n) is 9.73. The number of aromatic hydroxyl groups is 1. The van der Waals surface area contributed by atoms with Gasteiger partial charge in [0.15, 0.2) is 11.4 Å². The number of ether oxygens (including phenoxy) is 1. The van der Waals surface area contributed by atoms with E-state index in [-0.39, 0.29) is 40.1 Å². The van der Waals surface area contributed by atoms with Crippen molar-refractivity contribution in [2.75, 3.05) is 34.4 Å². The summed E-state index contributed by atoms with van der Waals surface area (Å²) in [5.74, 6) is -3.42. The van der Waals surface area contributed by atoms with E-state index in [2.05, 4.69) is 15.6 Å². The number of amides is 2. The van der Waals surface area contributed by atoms with Gasteiger partial charge < -0.3 is 25.0 Å². The van der Waals surface area contributed by atoms with Crippen LogP contribution in [-0.2, 0) is 16.0 Å². The molecule has 1 fully saturated rings. The number of methoxy groups -OCH3 is 1. The van der Waals surface area contributed by atoms with Gasteiger partial charge in [0.1, 0.15) is 16.7 Å². The van der Waals surface area contributed by atoms with Crippen LogP contribution >= 0.6 is 11.8 Å². The number of nitrogens with zero attached hydrogens (tertiary/aromatic N) is 1. The molecule has 0 radical (unpaired) electrons. The Labute approximate surface area is 240 Å². The van der Waals surface area contributed by atoms with Gasteiger partial charge in [-0.05, 0) is 44.4 Å². The van der Waals surface area contributed by atoms with E-state index in [4.69, 9.17) is 15.6 Å². The van der Waals surface area contributed by atoms with Gasteiger partial charge in [-0.2, -0.15) is 0 Å². The number of benzene rings is 1. The van der Waals surface area contributed by atoms with Crippen molar-refractivity contribution < 1.29 is 28.2 Å². The van der Waals surface area contributed by atoms with Crippen LogP contribution in [0, 0.1) is 28.4 Å². The number of pyridine rings is 1. The quantitative estimate of drug-likeness (QED) is 0.107.